The lowest BCUT2D eigenvalue weighted by atomic mass is 9.87. The largest absolute Gasteiger partial charge is 0.354 e. The Kier molecular flexibility index (Phi) is 6.48. The molecule has 1 aliphatic heterocycles. The van der Waals surface area contributed by atoms with E-state index in [0.717, 1.165) is 31.6 Å². The number of aromatic nitrogens is 2. The molecule has 0 spiro atoms. The van der Waals surface area contributed by atoms with Crippen LogP contribution in [0.1, 0.15) is 60.9 Å². The number of aryl methyl sites for hydroxylation is 2. The maximum absolute atomic E-state index is 5.48. The minimum atomic E-state index is 0.418. The predicted molar refractivity (Wildman–Crippen MR) is 132 cm³/mol. The second-order valence-corrected chi connectivity index (χ2v) is 9.28. The fourth-order valence-electron chi connectivity index (χ4n) is 4.95. The van der Waals surface area contributed by atoms with Crippen molar-refractivity contribution >= 4 is 16.7 Å². The lowest BCUT2D eigenvalue weighted by Crippen LogP contribution is -2.44. The average molecular weight is 434 g/mol. The molecule has 1 aliphatic rings. The zero-order valence-electron chi connectivity index (χ0n) is 19.6. The molecule has 3 heterocycles. The second kappa shape index (κ2) is 9.30. The Balaban J connectivity index is 1.64. The number of nitrogens with zero attached hydrogens (tertiary/aromatic N) is 3. The summed E-state index contributed by atoms with van der Waals surface area (Å²) in [5, 5.41) is 5.05. The molecule has 0 bridgehead atoms. The Morgan fingerprint density at radius 1 is 1.25 bits per heavy atom. The highest BCUT2D eigenvalue weighted by molar-refractivity contribution is 5.92. The molecule has 0 aliphatic carbocycles. The minimum absolute atomic E-state index is 0.418. The van der Waals surface area contributed by atoms with Gasteiger partial charge in [0.25, 0.3) is 0 Å². The van der Waals surface area contributed by atoms with E-state index in [-0.39, 0.29) is 0 Å². The van der Waals surface area contributed by atoms with Gasteiger partial charge in [-0.1, -0.05) is 19.9 Å². The fourth-order valence-corrected chi connectivity index (χ4v) is 4.95. The number of fused-ring (bicyclic) bond motifs is 1. The predicted octanol–water partition coefficient (Wildman–Crippen LogP) is 3.89. The molecule has 0 radical (unpaired) electrons. The van der Waals surface area contributed by atoms with E-state index in [1.165, 1.54) is 38.9 Å². The molecule has 1 saturated heterocycles. The van der Waals surface area contributed by atoms with Crippen LogP contribution in [0.4, 0.5) is 0 Å². The van der Waals surface area contributed by atoms with Gasteiger partial charge in [-0.2, -0.15) is 5.10 Å². The van der Waals surface area contributed by atoms with Crippen LogP contribution in [0.3, 0.4) is 0 Å². The molecular weight excluding hydrogens is 398 g/mol. The second-order valence-electron chi connectivity index (χ2n) is 9.28. The van der Waals surface area contributed by atoms with Gasteiger partial charge in [-0.3, -0.25) is 9.88 Å². The van der Waals surface area contributed by atoms with E-state index in [0.29, 0.717) is 24.2 Å². The van der Waals surface area contributed by atoms with Crippen molar-refractivity contribution in [3.63, 3.8) is 0 Å². The van der Waals surface area contributed by atoms with Gasteiger partial charge in [-0.05, 0) is 86.5 Å². The van der Waals surface area contributed by atoms with E-state index in [4.69, 9.17) is 11.7 Å². The standard InChI is InChI=1S/C25H35N7/c1-15(2)24-21-12-19(18-7-9-32(10-8-18)14-23(30-26)31-27)5-6-22(21)29-25(24)20-11-17(4)28-13-16(20)3/h5-6,11-13,15,18,29H,7-10,14,26-27H2,1-4H3,(H,30,31). The van der Waals surface area contributed by atoms with Gasteiger partial charge in [0, 0.05) is 28.4 Å². The third-order valence-electron chi connectivity index (χ3n) is 6.70. The number of hydrogen-bond acceptors (Lipinski definition) is 5. The van der Waals surface area contributed by atoms with Crippen LogP contribution < -0.4 is 17.1 Å². The van der Waals surface area contributed by atoms with Crippen molar-refractivity contribution in [3.8, 4) is 11.3 Å². The first-order valence-corrected chi connectivity index (χ1v) is 11.5. The van der Waals surface area contributed by atoms with Gasteiger partial charge in [0.05, 0.1) is 12.2 Å². The minimum Gasteiger partial charge on any atom is -0.354 e. The van der Waals surface area contributed by atoms with Crippen LogP contribution in [-0.4, -0.2) is 40.3 Å². The van der Waals surface area contributed by atoms with Crippen LogP contribution in [-0.2, 0) is 0 Å². The molecule has 0 saturated carbocycles. The van der Waals surface area contributed by atoms with Crippen LogP contribution in [0.25, 0.3) is 22.2 Å². The molecule has 7 heteroatoms. The molecule has 7 nitrogen and oxygen atoms in total. The summed E-state index contributed by atoms with van der Waals surface area (Å²) in [6.45, 7) is 11.4. The fraction of sp³-hybridized carbons (Fsp3) is 0.440. The van der Waals surface area contributed by atoms with Crippen molar-refractivity contribution in [2.24, 2.45) is 16.8 Å². The molecule has 32 heavy (non-hydrogen) atoms. The van der Waals surface area contributed by atoms with Crippen LogP contribution in [0.2, 0.25) is 0 Å². The van der Waals surface area contributed by atoms with E-state index in [1.807, 2.05) is 6.20 Å². The number of piperidine rings is 1. The van der Waals surface area contributed by atoms with E-state index in [1.54, 1.807) is 0 Å². The summed E-state index contributed by atoms with van der Waals surface area (Å²) in [4.78, 5) is 10.5. The molecule has 2 aromatic heterocycles. The van der Waals surface area contributed by atoms with Crippen LogP contribution >= 0.6 is 0 Å². The number of hydrogen-bond donors (Lipinski definition) is 4. The summed E-state index contributed by atoms with van der Waals surface area (Å²) >= 11 is 0. The highest BCUT2D eigenvalue weighted by atomic mass is 15.3. The van der Waals surface area contributed by atoms with Crippen LogP contribution in [0.5, 0.6) is 0 Å². The summed E-state index contributed by atoms with van der Waals surface area (Å²) in [5.41, 5.74) is 11.3. The van der Waals surface area contributed by atoms with Crippen LogP contribution in [0, 0.1) is 13.8 Å². The zero-order chi connectivity index (χ0) is 22.8. The number of hydrazine groups is 1. The Bertz CT molecular complexity index is 1120. The molecule has 170 valence electrons. The van der Waals surface area contributed by atoms with E-state index < -0.39 is 0 Å². The number of pyridine rings is 1. The summed E-state index contributed by atoms with van der Waals surface area (Å²) in [5.74, 6) is 12.5. The first-order chi connectivity index (χ1) is 15.4. The smallest absolute Gasteiger partial charge is 0.150 e. The Hall–Kier alpha value is -2.90. The lowest BCUT2D eigenvalue weighted by Gasteiger charge is -2.32. The monoisotopic (exact) mass is 433 g/mol. The maximum Gasteiger partial charge on any atom is 0.150 e. The average Bonchev–Trinajstić information content (AvgIpc) is 3.18. The van der Waals surface area contributed by atoms with Crippen molar-refractivity contribution in [1.82, 2.24) is 20.3 Å². The van der Waals surface area contributed by atoms with Crippen molar-refractivity contribution in [2.45, 2.75) is 52.4 Å². The molecule has 0 unspecified atom stereocenters. The first-order valence-electron chi connectivity index (χ1n) is 11.5. The Morgan fingerprint density at radius 3 is 2.66 bits per heavy atom. The van der Waals surface area contributed by atoms with Crippen molar-refractivity contribution in [2.75, 3.05) is 19.6 Å². The molecule has 1 aromatic carbocycles. The number of hydrazone groups is 1. The number of aromatic amines is 1. The third-order valence-corrected chi connectivity index (χ3v) is 6.70. The number of nitrogens with two attached hydrogens (primary N) is 2. The van der Waals surface area contributed by atoms with Gasteiger partial charge in [-0.15, -0.1) is 0 Å². The van der Waals surface area contributed by atoms with Gasteiger partial charge in [0.15, 0.2) is 0 Å². The quantitative estimate of drug-likeness (QED) is 0.211. The number of likely N-dealkylation sites (tertiary alicyclic amines) is 1. The first kappa shape index (κ1) is 22.3. The molecule has 1 fully saturated rings. The Morgan fingerprint density at radius 2 is 2.00 bits per heavy atom. The lowest BCUT2D eigenvalue weighted by molar-refractivity contribution is 0.237. The van der Waals surface area contributed by atoms with Crippen molar-refractivity contribution < 1.29 is 0 Å². The summed E-state index contributed by atoms with van der Waals surface area (Å²) in [6, 6.07) is 9.17. The molecule has 0 amide bonds. The summed E-state index contributed by atoms with van der Waals surface area (Å²) in [6.07, 6.45) is 4.20. The number of amidine groups is 1. The van der Waals surface area contributed by atoms with Gasteiger partial charge in [-0.25, -0.2) is 5.84 Å². The topological polar surface area (TPSA) is 108 Å². The maximum atomic E-state index is 5.48. The number of rotatable bonds is 5. The Labute approximate surface area is 190 Å². The number of nitrogens with one attached hydrogen (secondary N) is 2. The number of benzene rings is 1. The van der Waals surface area contributed by atoms with Gasteiger partial charge in [0.2, 0.25) is 0 Å². The van der Waals surface area contributed by atoms with Crippen molar-refractivity contribution in [3.05, 3.63) is 52.8 Å². The van der Waals surface area contributed by atoms with E-state index in [9.17, 15) is 0 Å². The molecule has 6 N–H and O–H groups in total. The van der Waals surface area contributed by atoms with Crippen molar-refractivity contribution in [1.29, 1.82) is 0 Å². The highest BCUT2D eigenvalue weighted by Gasteiger charge is 2.23. The zero-order valence-corrected chi connectivity index (χ0v) is 19.6. The summed E-state index contributed by atoms with van der Waals surface area (Å²) in [7, 11) is 0. The van der Waals surface area contributed by atoms with Gasteiger partial charge in [0.1, 0.15) is 5.84 Å². The molecular formula is C25H35N7. The van der Waals surface area contributed by atoms with E-state index in [2.05, 4.69) is 77.4 Å². The number of H-pyrrole nitrogens is 1. The van der Waals surface area contributed by atoms with Gasteiger partial charge < -0.3 is 16.3 Å². The molecule has 4 rings (SSSR count). The summed E-state index contributed by atoms with van der Waals surface area (Å²) < 4.78 is 0. The normalized spacial score (nSPS) is 16.2. The SMILES string of the molecule is Cc1cc(-c2[nH]c3ccc(C4CCN(C/C(=N/N)NN)CC4)cc3c2C(C)C)c(C)cn1. The van der Waals surface area contributed by atoms with Gasteiger partial charge >= 0.3 is 0 Å². The third kappa shape index (κ3) is 4.36. The van der Waals surface area contributed by atoms with Crippen LogP contribution in [0.15, 0.2) is 35.6 Å². The van der Waals surface area contributed by atoms with E-state index >= 15 is 0 Å². The highest BCUT2D eigenvalue weighted by Crippen LogP contribution is 2.39. The molecule has 3 aromatic rings. The molecule has 0 atom stereocenters.